The molecule has 10 heavy (non-hydrogen) atoms. The number of H-pyrrole nitrogens is 1. The quantitative estimate of drug-likeness (QED) is 0.585. The van der Waals surface area contributed by atoms with E-state index in [1.807, 2.05) is 7.05 Å². The Labute approximate surface area is 59.4 Å². The van der Waals surface area contributed by atoms with Crippen LogP contribution >= 0.6 is 0 Å². The molecule has 0 atom stereocenters. The highest BCUT2D eigenvalue weighted by molar-refractivity contribution is 5.83. The van der Waals surface area contributed by atoms with Gasteiger partial charge < -0.3 is 10.3 Å². The summed E-state index contributed by atoms with van der Waals surface area (Å²) in [5.74, 6) is 0.894. The summed E-state index contributed by atoms with van der Waals surface area (Å²) < 4.78 is 0. The molecule has 1 aromatic rings. The molecule has 0 amide bonds. The van der Waals surface area contributed by atoms with E-state index in [2.05, 4.69) is 20.3 Å². The van der Waals surface area contributed by atoms with Crippen molar-refractivity contribution in [2.24, 2.45) is 4.99 Å². The first kappa shape index (κ1) is 6.80. The molecule has 0 aliphatic heterocycles. The van der Waals surface area contributed by atoms with E-state index in [0.29, 0.717) is 0 Å². The second-order valence-corrected chi connectivity index (χ2v) is 1.80. The lowest BCUT2D eigenvalue weighted by Crippen LogP contribution is -1.92. The van der Waals surface area contributed by atoms with E-state index in [0.717, 1.165) is 11.5 Å². The molecular weight excluding hydrogens is 128 g/mol. The van der Waals surface area contributed by atoms with E-state index in [4.69, 9.17) is 0 Å². The average molecular weight is 138 g/mol. The zero-order valence-electron chi connectivity index (χ0n) is 6.05. The van der Waals surface area contributed by atoms with Crippen molar-refractivity contribution in [2.45, 2.75) is 0 Å². The monoisotopic (exact) mass is 138 g/mol. The van der Waals surface area contributed by atoms with Gasteiger partial charge in [0.15, 0.2) is 0 Å². The Morgan fingerprint density at radius 1 is 1.80 bits per heavy atom. The van der Waals surface area contributed by atoms with E-state index in [1.165, 1.54) is 0 Å². The number of rotatable bonds is 2. The Hall–Kier alpha value is -1.32. The summed E-state index contributed by atoms with van der Waals surface area (Å²) in [4.78, 5) is 10.8. The number of aromatic amines is 1. The van der Waals surface area contributed by atoms with Gasteiger partial charge in [0.25, 0.3) is 0 Å². The summed E-state index contributed by atoms with van der Waals surface area (Å²) in [5, 5.41) is 2.95. The van der Waals surface area contributed by atoms with E-state index >= 15 is 0 Å². The normalized spacial score (nSPS) is 10.6. The highest BCUT2D eigenvalue weighted by Gasteiger charge is 1.97. The van der Waals surface area contributed by atoms with Gasteiger partial charge in [0.05, 0.1) is 12.5 Å². The zero-order valence-corrected chi connectivity index (χ0v) is 6.05. The molecule has 0 bridgehead atoms. The third kappa shape index (κ3) is 1.15. The maximum Gasteiger partial charge on any atom is 0.132 e. The molecule has 0 unspecified atom stereocenters. The Morgan fingerprint density at radius 3 is 3.20 bits per heavy atom. The molecule has 1 aromatic heterocycles. The van der Waals surface area contributed by atoms with Crippen molar-refractivity contribution < 1.29 is 0 Å². The van der Waals surface area contributed by atoms with E-state index in [1.54, 1.807) is 19.6 Å². The number of aromatic nitrogens is 2. The number of nitrogens with zero attached hydrogens (tertiary/aromatic N) is 2. The van der Waals surface area contributed by atoms with Crippen molar-refractivity contribution in [3.63, 3.8) is 0 Å². The Bertz CT molecular complexity index is 225. The second kappa shape index (κ2) is 3.00. The average Bonchev–Trinajstić information content (AvgIpc) is 2.36. The lowest BCUT2D eigenvalue weighted by molar-refractivity contribution is 1.30. The number of anilines is 1. The van der Waals surface area contributed by atoms with Crippen LogP contribution in [0.3, 0.4) is 0 Å². The summed E-state index contributed by atoms with van der Waals surface area (Å²) in [6.07, 6.45) is 3.32. The first-order valence-electron chi connectivity index (χ1n) is 3.01. The molecule has 0 aliphatic carbocycles. The molecule has 0 fully saturated rings. The fourth-order valence-electron chi connectivity index (χ4n) is 0.725. The molecule has 2 N–H and O–H groups in total. The van der Waals surface area contributed by atoms with Gasteiger partial charge in [-0.1, -0.05) is 0 Å². The minimum absolute atomic E-state index is 0.838. The summed E-state index contributed by atoms with van der Waals surface area (Å²) >= 11 is 0. The molecule has 4 heteroatoms. The minimum Gasteiger partial charge on any atom is -0.373 e. The Kier molecular flexibility index (Phi) is 2.04. The molecule has 1 rings (SSSR count). The van der Waals surface area contributed by atoms with Gasteiger partial charge in [-0.3, -0.25) is 4.99 Å². The van der Waals surface area contributed by atoms with Crippen LogP contribution in [0.2, 0.25) is 0 Å². The number of hydrogen-bond acceptors (Lipinski definition) is 3. The smallest absolute Gasteiger partial charge is 0.132 e. The van der Waals surface area contributed by atoms with Crippen LogP contribution in [0.5, 0.6) is 0 Å². The summed E-state index contributed by atoms with van der Waals surface area (Å²) in [6.45, 7) is 0. The molecule has 1 heterocycles. The summed E-state index contributed by atoms with van der Waals surface area (Å²) in [5.41, 5.74) is 0.838. The SMILES string of the molecule is C/N=C\c1nc[nH]c1NC. The van der Waals surface area contributed by atoms with Gasteiger partial charge in [-0.15, -0.1) is 0 Å². The van der Waals surface area contributed by atoms with E-state index < -0.39 is 0 Å². The van der Waals surface area contributed by atoms with Crippen LogP contribution in [-0.2, 0) is 0 Å². The van der Waals surface area contributed by atoms with Gasteiger partial charge in [0.1, 0.15) is 11.5 Å². The first-order valence-corrected chi connectivity index (χ1v) is 3.01. The third-order valence-electron chi connectivity index (χ3n) is 1.17. The van der Waals surface area contributed by atoms with Gasteiger partial charge in [0.2, 0.25) is 0 Å². The first-order chi connectivity index (χ1) is 4.88. The van der Waals surface area contributed by atoms with Crippen molar-refractivity contribution in [3.8, 4) is 0 Å². The Balaban J connectivity index is 2.90. The van der Waals surface area contributed by atoms with Crippen molar-refractivity contribution in [2.75, 3.05) is 19.4 Å². The molecule has 0 spiro atoms. The number of aliphatic imine (C=N–C) groups is 1. The van der Waals surface area contributed by atoms with Crippen molar-refractivity contribution in [3.05, 3.63) is 12.0 Å². The van der Waals surface area contributed by atoms with Gasteiger partial charge in [-0.05, 0) is 0 Å². The third-order valence-corrected chi connectivity index (χ3v) is 1.17. The van der Waals surface area contributed by atoms with Crippen molar-refractivity contribution >= 4 is 12.0 Å². The lowest BCUT2D eigenvalue weighted by atomic mass is 10.5. The Morgan fingerprint density at radius 2 is 2.60 bits per heavy atom. The van der Waals surface area contributed by atoms with Gasteiger partial charge >= 0.3 is 0 Å². The van der Waals surface area contributed by atoms with Crippen LogP contribution in [0.1, 0.15) is 5.69 Å². The maximum absolute atomic E-state index is 4.01. The molecular formula is C6H10N4. The molecule has 0 saturated carbocycles. The predicted octanol–water partition coefficient (Wildman–Crippen LogP) is 0.500. The molecule has 0 saturated heterocycles. The lowest BCUT2D eigenvalue weighted by Gasteiger charge is -1.93. The molecule has 0 aliphatic rings. The van der Waals surface area contributed by atoms with Crippen LogP contribution in [0, 0.1) is 0 Å². The van der Waals surface area contributed by atoms with Crippen molar-refractivity contribution in [1.29, 1.82) is 0 Å². The molecule has 0 radical (unpaired) electrons. The van der Waals surface area contributed by atoms with E-state index in [9.17, 15) is 0 Å². The van der Waals surface area contributed by atoms with E-state index in [-0.39, 0.29) is 0 Å². The highest BCUT2D eigenvalue weighted by atomic mass is 15.0. The van der Waals surface area contributed by atoms with Gasteiger partial charge in [-0.2, -0.15) is 0 Å². The van der Waals surface area contributed by atoms with Crippen LogP contribution in [-0.4, -0.2) is 30.3 Å². The van der Waals surface area contributed by atoms with Crippen molar-refractivity contribution in [1.82, 2.24) is 9.97 Å². The fraction of sp³-hybridized carbons (Fsp3) is 0.333. The fourth-order valence-corrected chi connectivity index (χ4v) is 0.725. The second-order valence-electron chi connectivity index (χ2n) is 1.80. The predicted molar refractivity (Wildman–Crippen MR) is 41.7 cm³/mol. The van der Waals surface area contributed by atoms with Crippen LogP contribution in [0.25, 0.3) is 0 Å². The standard InChI is InChI=1S/C6H10N4/c1-7-3-5-6(8-2)10-4-9-5/h3-4,8H,1-2H3,(H,9,10)/b7-3-. The topological polar surface area (TPSA) is 53.1 Å². The summed E-state index contributed by atoms with van der Waals surface area (Å²) in [7, 11) is 3.55. The summed E-state index contributed by atoms with van der Waals surface area (Å²) in [6, 6.07) is 0. The largest absolute Gasteiger partial charge is 0.373 e. The van der Waals surface area contributed by atoms with Gasteiger partial charge in [0, 0.05) is 14.1 Å². The van der Waals surface area contributed by atoms with Crippen LogP contribution < -0.4 is 5.32 Å². The maximum atomic E-state index is 4.01. The zero-order chi connectivity index (χ0) is 7.40. The molecule has 54 valence electrons. The minimum atomic E-state index is 0.838. The molecule has 4 nitrogen and oxygen atoms in total. The van der Waals surface area contributed by atoms with Gasteiger partial charge in [-0.25, -0.2) is 4.98 Å². The number of nitrogens with one attached hydrogen (secondary N) is 2. The number of hydrogen-bond donors (Lipinski definition) is 2. The number of imidazole rings is 1. The molecule has 0 aromatic carbocycles. The van der Waals surface area contributed by atoms with Crippen LogP contribution in [0.4, 0.5) is 5.82 Å². The highest BCUT2D eigenvalue weighted by Crippen LogP contribution is 2.03. The van der Waals surface area contributed by atoms with Crippen LogP contribution in [0.15, 0.2) is 11.3 Å².